The van der Waals surface area contributed by atoms with Crippen LogP contribution in [0.2, 0.25) is 0 Å². The van der Waals surface area contributed by atoms with Gasteiger partial charge in [0.05, 0.1) is 0 Å². The smallest absolute Gasteiger partial charge is 0.000937 e. The van der Waals surface area contributed by atoms with Crippen molar-refractivity contribution in [3.05, 3.63) is 0 Å². The molecule has 0 aromatic carbocycles. The van der Waals surface area contributed by atoms with Crippen LogP contribution < -0.4 is 0 Å². The van der Waals surface area contributed by atoms with Crippen molar-refractivity contribution in [2.24, 2.45) is 23.7 Å². The van der Waals surface area contributed by atoms with Crippen molar-refractivity contribution >= 4 is 0 Å². The fourth-order valence-electron chi connectivity index (χ4n) is 4.52. The number of fused-ring (bicyclic) bond motifs is 2. The third-order valence-electron chi connectivity index (χ3n) is 5.37. The molecule has 1 heterocycles. The number of hydrogen-bond donors (Lipinski definition) is 0. The maximum atomic E-state index is 2.56. The van der Waals surface area contributed by atoms with Gasteiger partial charge in [0.1, 0.15) is 0 Å². The van der Waals surface area contributed by atoms with Crippen LogP contribution in [0.3, 0.4) is 0 Å². The van der Waals surface area contributed by atoms with Gasteiger partial charge in [-0.15, -0.1) is 0 Å². The molecule has 15 heavy (non-hydrogen) atoms. The molecule has 0 aromatic heterocycles. The molecule has 2 saturated carbocycles. The summed E-state index contributed by atoms with van der Waals surface area (Å²) in [4.78, 5) is 2.56. The Morgan fingerprint density at radius 3 is 2.13 bits per heavy atom. The summed E-state index contributed by atoms with van der Waals surface area (Å²) in [5, 5.41) is 0. The van der Waals surface area contributed by atoms with Crippen LogP contribution in [-0.2, 0) is 0 Å². The van der Waals surface area contributed by atoms with E-state index in [0.29, 0.717) is 0 Å². The predicted molar refractivity (Wildman–Crippen MR) is 63.8 cm³/mol. The average molecular weight is 207 g/mol. The molecule has 3 fully saturated rings. The highest BCUT2D eigenvalue weighted by atomic mass is 15.1. The molecule has 1 nitrogen and oxygen atoms in total. The third kappa shape index (κ3) is 1.95. The maximum absolute atomic E-state index is 2.56. The molecule has 0 aromatic rings. The molecular formula is C14H25N. The largest absolute Gasteiger partial charge is 0.306 e. The zero-order valence-corrected chi connectivity index (χ0v) is 10.1. The zero-order chi connectivity index (χ0) is 10.3. The molecule has 4 unspecified atom stereocenters. The van der Waals surface area contributed by atoms with Gasteiger partial charge in [0.2, 0.25) is 0 Å². The number of rotatable bonds is 0. The van der Waals surface area contributed by atoms with E-state index in [-0.39, 0.29) is 0 Å². The Kier molecular flexibility index (Phi) is 2.76. The Bertz CT molecular complexity index is 225. The van der Waals surface area contributed by atoms with Gasteiger partial charge in [-0.3, -0.25) is 0 Å². The normalized spacial score (nSPS) is 47.0. The highest BCUT2D eigenvalue weighted by Gasteiger charge is 2.39. The van der Waals surface area contributed by atoms with E-state index in [1.165, 1.54) is 32.4 Å². The van der Waals surface area contributed by atoms with Crippen LogP contribution in [0.15, 0.2) is 0 Å². The number of piperidine rings is 1. The van der Waals surface area contributed by atoms with E-state index in [9.17, 15) is 0 Å². The fourth-order valence-corrected chi connectivity index (χ4v) is 4.52. The lowest BCUT2D eigenvalue weighted by atomic mass is 9.62. The summed E-state index contributed by atoms with van der Waals surface area (Å²) in [5.41, 5.74) is 0. The molecule has 1 saturated heterocycles. The SMILES string of the molecule is CN1CCC2CC3CCCCC3CC2C1. The second-order valence-electron chi connectivity index (χ2n) is 6.35. The van der Waals surface area contributed by atoms with Gasteiger partial charge in [0.15, 0.2) is 0 Å². The quantitative estimate of drug-likeness (QED) is 0.590. The third-order valence-corrected chi connectivity index (χ3v) is 5.37. The van der Waals surface area contributed by atoms with E-state index in [1.807, 2.05) is 0 Å². The molecule has 2 aliphatic carbocycles. The van der Waals surface area contributed by atoms with Gasteiger partial charge < -0.3 is 4.90 Å². The Labute approximate surface area is 94.2 Å². The lowest BCUT2D eigenvalue weighted by Crippen LogP contribution is -2.44. The first-order valence-corrected chi connectivity index (χ1v) is 7.01. The minimum atomic E-state index is 1.06. The second-order valence-corrected chi connectivity index (χ2v) is 6.35. The molecule has 4 atom stereocenters. The van der Waals surface area contributed by atoms with Crippen molar-refractivity contribution < 1.29 is 0 Å². The molecule has 0 spiro atoms. The first-order chi connectivity index (χ1) is 7.33. The first kappa shape index (κ1) is 10.1. The molecule has 1 aliphatic heterocycles. The Hall–Kier alpha value is -0.0400. The number of likely N-dealkylation sites (tertiary alicyclic amines) is 1. The summed E-state index contributed by atoms with van der Waals surface area (Å²) in [6.07, 6.45) is 10.8. The molecule has 3 rings (SSSR count). The molecular weight excluding hydrogens is 182 g/mol. The van der Waals surface area contributed by atoms with Crippen molar-refractivity contribution in [2.45, 2.75) is 44.9 Å². The summed E-state index contributed by atoms with van der Waals surface area (Å²) in [6, 6.07) is 0. The molecule has 1 heteroatoms. The van der Waals surface area contributed by atoms with Crippen LogP contribution in [-0.4, -0.2) is 25.0 Å². The fraction of sp³-hybridized carbons (Fsp3) is 1.00. The molecule has 0 N–H and O–H groups in total. The average Bonchev–Trinajstić information content (AvgIpc) is 2.26. The van der Waals surface area contributed by atoms with Gasteiger partial charge in [-0.2, -0.15) is 0 Å². The monoisotopic (exact) mass is 207 g/mol. The van der Waals surface area contributed by atoms with Gasteiger partial charge in [-0.1, -0.05) is 25.7 Å². The predicted octanol–water partition coefficient (Wildman–Crippen LogP) is 3.15. The van der Waals surface area contributed by atoms with Crippen LogP contribution in [0.4, 0.5) is 0 Å². The van der Waals surface area contributed by atoms with Gasteiger partial charge in [-0.05, 0) is 56.5 Å². The van der Waals surface area contributed by atoms with E-state index < -0.39 is 0 Å². The summed E-state index contributed by atoms with van der Waals surface area (Å²) in [6.45, 7) is 2.76. The van der Waals surface area contributed by atoms with E-state index in [2.05, 4.69) is 11.9 Å². The van der Waals surface area contributed by atoms with Gasteiger partial charge >= 0.3 is 0 Å². The van der Waals surface area contributed by atoms with E-state index >= 15 is 0 Å². The molecule has 0 bridgehead atoms. The van der Waals surface area contributed by atoms with Crippen molar-refractivity contribution in [1.29, 1.82) is 0 Å². The first-order valence-electron chi connectivity index (χ1n) is 7.01. The van der Waals surface area contributed by atoms with E-state index in [4.69, 9.17) is 0 Å². The summed E-state index contributed by atoms with van der Waals surface area (Å²) < 4.78 is 0. The van der Waals surface area contributed by atoms with Crippen molar-refractivity contribution in [1.82, 2.24) is 4.90 Å². The topological polar surface area (TPSA) is 3.24 Å². The van der Waals surface area contributed by atoms with Crippen LogP contribution in [0.1, 0.15) is 44.9 Å². The van der Waals surface area contributed by atoms with E-state index in [0.717, 1.165) is 23.7 Å². The summed E-state index contributed by atoms with van der Waals surface area (Å²) in [5.74, 6) is 4.40. The summed E-state index contributed by atoms with van der Waals surface area (Å²) >= 11 is 0. The molecule has 0 radical (unpaired) electrons. The molecule has 0 amide bonds. The van der Waals surface area contributed by atoms with Gasteiger partial charge in [0.25, 0.3) is 0 Å². The lowest BCUT2D eigenvalue weighted by Gasteiger charge is -2.47. The number of nitrogens with zero attached hydrogens (tertiary/aromatic N) is 1. The van der Waals surface area contributed by atoms with Crippen molar-refractivity contribution in [3.63, 3.8) is 0 Å². The van der Waals surface area contributed by atoms with Crippen LogP contribution >= 0.6 is 0 Å². The van der Waals surface area contributed by atoms with Crippen molar-refractivity contribution in [3.8, 4) is 0 Å². The number of hydrogen-bond acceptors (Lipinski definition) is 1. The molecule has 86 valence electrons. The Morgan fingerprint density at radius 1 is 0.800 bits per heavy atom. The van der Waals surface area contributed by atoms with Crippen molar-refractivity contribution in [2.75, 3.05) is 20.1 Å². The Morgan fingerprint density at radius 2 is 1.40 bits per heavy atom. The minimum absolute atomic E-state index is 1.06. The van der Waals surface area contributed by atoms with Crippen LogP contribution in [0.5, 0.6) is 0 Å². The van der Waals surface area contributed by atoms with Crippen LogP contribution in [0, 0.1) is 23.7 Å². The zero-order valence-electron chi connectivity index (χ0n) is 10.1. The highest BCUT2D eigenvalue weighted by Crippen LogP contribution is 2.47. The summed E-state index contributed by atoms with van der Waals surface area (Å²) in [7, 11) is 2.31. The maximum Gasteiger partial charge on any atom is 0.000937 e. The van der Waals surface area contributed by atoms with Crippen LogP contribution in [0.25, 0.3) is 0 Å². The lowest BCUT2D eigenvalue weighted by molar-refractivity contribution is 0.0257. The second kappa shape index (κ2) is 4.08. The van der Waals surface area contributed by atoms with E-state index in [1.54, 1.807) is 25.7 Å². The van der Waals surface area contributed by atoms with Gasteiger partial charge in [0, 0.05) is 6.54 Å². The Balaban J connectivity index is 1.67. The highest BCUT2D eigenvalue weighted by molar-refractivity contribution is 4.91. The van der Waals surface area contributed by atoms with Gasteiger partial charge in [-0.25, -0.2) is 0 Å². The minimum Gasteiger partial charge on any atom is -0.306 e. The molecule has 3 aliphatic rings. The standard InChI is InChI=1S/C14H25N/c1-15-7-6-13-8-11-4-2-3-5-12(11)9-14(13)10-15/h11-14H,2-10H2,1H3.